The first-order valence-electron chi connectivity index (χ1n) is 9.45. The minimum absolute atomic E-state index is 0.381. The van der Waals surface area contributed by atoms with Crippen molar-refractivity contribution in [3.05, 3.63) is 47.0 Å². The van der Waals surface area contributed by atoms with Crippen LogP contribution in [0.5, 0.6) is 0 Å². The van der Waals surface area contributed by atoms with Crippen LogP contribution in [0.25, 0.3) is 11.3 Å². The van der Waals surface area contributed by atoms with E-state index in [0.29, 0.717) is 37.6 Å². The van der Waals surface area contributed by atoms with Crippen LogP contribution < -0.4 is 10.6 Å². The minimum Gasteiger partial charge on any atom is -0.361 e. The molecule has 1 aliphatic heterocycles. The van der Waals surface area contributed by atoms with Gasteiger partial charge in [-0.05, 0) is 30.4 Å². The number of anilines is 1. The number of primary amides is 1. The topological polar surface area (TPSA) is 103 Å². The van der Waals surface area contributed by atoms with Gasteiger partial charge in [-0.2, -0.15) is 5.26 Å². The van der Waals surface area contributed by atoms with Gasteiger partial charge < -0.3 is 15.5 Å². The largest absolute Gasteiger partial charge is 0.361 e. The van der Waals surface area contributed by atoms with Gasteiger partial charge in [-0.15, -0.1) is 0 Å². The molecule has 0 saturated carbocycles. The summed E-state index contributed by atoms with van der Waals surface area (Å²) in [5.74, 6) is -0.923. The summed E-state index contributed by atoms with van der Waals surface area (Å²) >= 11 is 0. The number of carbonyl (C=O) groups is 2. The van der Waals surface area contributed by atoms with Crippen LogP contribution in [0.15, 0.2) is 30.3 Å². The summed E-state index contributed by atoms with van der Waals surface area (Å²) in [6, 6.07) is 12.4. The third-order valence-electron chi connectivity index (χ3n) is 5.48. The van der Waals surface area contributed by atoms with Crippen LogP contribution in [0.3, 0.4) is 0 Å². The van der Waals surface area contributed by atoms with Crippen molar-refractivity contribution in [1.29, 1.82) is 5.26 Å². The van der Waals surface area contributed by atoms with Crippen molar-refractivity contribution in [2.45, 2.75) is 19.3 Å². The normalized spacial score (nSPS) is 15.8. The molecule has 1 aromatic carbocycles. The number of carbonyl (C=O) groups excluding carboxylic acids is 2. The zero-order valence-corrected chi connectivity index (χ0v) is 15.5. The number of fused-ring (bicyclic) bond motifs is 1. The molecule has 142 valence electrons. The first kappa shape index (κ1) is 18.0. The van der Waals surface area contributed by atoms with Crippen LogP contribution in [0, 0.1) is 11.3 Å². The molecule has 7 heteroatoms. The highest BCUT2D eigenvalue weighted by Crippen LogP contribution is 2.37. The molecule has 2 aliphatic rings. The second kappa shape index (κ2) is 7.31. The summed E-state index contributed by atoms with van der Waals surface area (Å²) in [5, 5.41) is 9.85. The van der Waals surface area contributed by atoms with Crippen LogP contribution >= 0.6 is 0 Å². The van der Waals surface area contributed by atoms with Gasteiger partial charge in [-0.1, -0.05) is 30.3 Å². The highest BCUT2D eigenvalue weighted by molar-refractivity contribution is 6.34. The van der Waals surface area contributed by atoms with E-state index < -0.39 is 11.8 Å². The fourth-order valence-electron chi connectivity index (χ4n) is 4.10. The number of benzene rings is 1. The predicted molar refractivity (Wildman–Crippen MR) is 104 cm³/mol. The number of nitrogens with two attached hydrogens (primary N) is 1. The number of rotatable bonds is 2. The second-order valence-electron chi connectivity index (χ2n) is 7.09. The van der Waals surface area contributed by atoms with Crippen molar-refractivity contribution in [3.63, 3.8) is 0 Å². The fourth-order valence-corrected chi connectivity index (χ4v) is 4.10. The van der Waals surface area contributed by atoms with Gasteiger partial charge >= 0.3 is 11.8 Å². The Labute approximate surface area is 163 Å². The summed E-state index contributed by atoms with van der Waals surface area (Å²) in [5.41, 5.74) is 10.0. The number of hydrogen-bond donors (Lipinski definition) is 1. The second-order valence-corrected chi connectivity index (χ2v) is 7.09. The van der Waals surface area contributed by atoms with E-state index in [4.69, 9.17) is 10.7 Å². The zero-order chi connectivity index (χ0) is 19.7. The molecule has 1 aromatic heterocycles. The standard InChI is InChI=1S/C21H21N5O2/c22-13-17-15-7-4-8-16(15)18(14-5-2-1-3-6-14)24-20(17)25-9-11-26(12-10-25)21(28)19(23)27/h1-3,5-6H,4,7-12H2,(H2,23,27). The van der Waals surface area contributed by atoms with Gasteiger partial charge in [-0.3, -0.25) is 9.59 Å². The van der Waals surface area contributed by atoms with Crippen LogP contribution in [-0.2, 0) is 22.4 Å². The first-order chi connectivity index (χ1) is 13.6. The molecule has 1 aliphatic carbocycles. The molecule has 0 atom stereocenters. The summed E-state index contributed by atoms with van der Waals surface area (Å²) in [7, 11) is 0. The van der Waals surface area contributed by atoms with Crippen LogP contribution in [-0.4, -0.2) is 47.9 Å². The minimum atomic E-state index is -0.937. The number of piperazine rings is 1. The Balaban J connectivity index is 1.71. The fraction of sp³-hybridized carbons (Fsp3) is 0.333. The number of nitriles is 1. The van der Waals surface area contributed by atoms with Crippen molar-refractivity contribution in [3.8, 4) is 17.3 Å². The first-order valence-corrected chi connectivity index (χ1v) is 9.45. The van der Waals surface area contributed by atoms with Gasteiger partial charge in [0.15, 0.2) is 0 Å². The number of amides is 2. The Morgan fingerprint density at radius 1 is 1.04 bits per heavy atom. The molecule has 2 aromatic rings. The van der Waals surface area contributed by atoms with E-state index in [1.807, 2.05) is 35.2 Å². The molecule has 2 N–H and O–H groups in total. The van der Waals surface area contributed by atoms with E-state index in [1.54, 1.807) is 0 Å². The molecule has 1 fully saturated rings. The lowest BCUT2D eigenvalue weighted by atomic mass is 9.98. The molecular weight excluding hydrogens is 354 g/mol. The summed E-state index contributed by atoms with van der Waals surface area (Å²) in [6.45, 7) is 1.78. The Morgan fingerprint density at radius 3 is 2.36 bits per heavy atom. The quantitative estimate of drug-likeness (QED) is 0.796. The number of aromatic nitrogens is 1. The molecule has 0 radical (unpaired) electrons. The Morgan fingerprint density at radius 2 is 1.71 bits per heavy atom. The highest BCUT2D eigenvalue weighted by atomic mass is 16.2. The van der Waals surface area contributed by atoms with E-state index in [-0.39, 0.29) is 0 Å². The van der Waals surface area contributed by atoms with Gasteiger partial charge in [0.25, 0.3) is 0 Å². The zero-order valence-electron chi connectivity index (χ0n) is 15.5. The lowest BCUT2D eigenvalue weighted by Gasteiger charge is -2.35. The molecule has 28 heavy (non-hydrogen) atoms. The maximum absolute atomic E-state index is 11.8. The average Bonchev–Trinajstić information content (AvgIpc) is 3.22. The lowest BCUT2D eigenvalue weighted by molar-refractivity contribution is -0.144. The van der Waals surface area contributed by atoms with Crippen LogP contribution in [0.4, 0.5) is 5.82 Å². The third-order valence-corrected chi connectivity index (χ3v) is 5.48. The Hall–Kier alpha value is -3.40. The van der Waals surface area contributed by atoms with Gasteiger partial charge in [0.05, 0.1) is 11.3 Å². The van der Waals surface area contributed by atoms with Crippen molar-refractivity contribution in [2.75, 3.05) is 31.1 Å². The SMILES string of the molecule is N#Cc1c(N2CCN(C(=O)C(N)=O)CC2)nc(-c2ccccc2)c2c1CCC2. The summed E-state index contributed by atoms with van der Waals surface area (Å²) in [4.78, 5) is 31.4. The number of pyridine rings is 1. The van der Waals surface area contributed by atoms with Crippen LogP contribution in [0.2, 0.25) is 0 Å². The number of nitrogens with zero attached hydrogens (tertiary/aromatic N) is 4. The number of hydrogen-bond acceptors (Lipinski definition) is 5. The Kier molecular flexibility index (Phi) is 4.70. The predicted octanol–water partition coefficient (Wildman–Crippen LogP) is 1.24. The van der Waals surface area contributed by atoms with Gasteiger partial charge in [0.2, 0.25) is 0 Å². The van der Waals surface area contributed by atoms with Gasteiger partial charge in [0.1, 0.15) is 11.9 Å². The molecule has 0 spiro atoms. The smallest absolute Gasteiger partial charge is 0.311 e. The lowest BCUT2D eigenvalue weighted by Crippen LogP contribution is -2.52. The molecule has 2 heterocycles. The molecular formula is C21H21N5O2. The molecule has 1 saturated heterocycles. The van der Waals surface area contributed by atoms with Crippen molar-refractivity contribution >= 4 is 17.6 Å². The van der Waals surface area contributed by atoms with E-state index in [0.717, 1.165) is 36.1 Å². The monoisotopic (exact) mass is 375 g/mol. The van der Waals surface area contributed by atoms with E-state index in [1.165, 1.54) is 10.5 Å². The maximum atomic E-state index is 11.8. The van der Waals surface area contributed by atoms with Crippen molar-refractivity contribution in [2.24, 2.45) is 5.73 Å². The van der Waals surface area contributed by atoms with E-state index in [9.17, 15) is 14.9 Å². The molecule has 0 unspecified atom stereocenters. The van der Waals surface area contributed by atoms with Gasteiger partial charge in [0, 0.05) is 31.7 Å². The van der Waals surface area contributed by atoms with Gasteiger partial charge in [-0.25, -0.2) is 4.98 Å². The molecule has 4 rings (SSSR count). The molecule has 7 nitrogen and oxygen atoms in total. The molecule has 0 bridgehead atoms. The van der Waals surface area contributed by atoms with Crippen molar-refractivity contribution < 1.29 is 9.59 Å². The van der Waals surface area contributed by atoms with E-state index >= 15 is 0 Å². The molecule has 2 amide bonds. The highest BCUT2D eigenvalue weighted by Gasteiger charge is 2.30. The summed E-state index contributed by atoms with van der Waals surface area (Å²) in [6.07, 6.45) is 2.84. The third kappa shape index (κ3) is 3.07. The van der Waals surface area contributed by atoms with Crippen molar-refractivity contribution in [1.82, 2.24) is 9.88 Å². The van der Waals surface area contributed by atoms with Crippen LogP contribution in [0.1, 0.15) is 23.1 Å². The van der Waals surface area contributed by atoms with E-state index in [2.05, 4.69) is 6.07 Å². The Bertz CT molecular complexity index is 973. The maximum Gasteiger partial charge on any atom is 0.311 e. The summed E-state index contributed by atoms with van der Waals surface area (Å²) < 4.78 is 0. The average molecular weight is 375 g/mol.